The number of carbonyl (C=O) groups excluding carboxylic acids is 1. The van der Waals surface area contributed by atoms with E-state index in [9.17, 15) is 28.1 Å². The second-order valence-corrected chi connectivity index (χ2v) is 5.56. The van der Waals surface area contributed by atoms with Gasteiger partial charge in [0.05, 0.1) is 16.5 Å². The molecule has 1 unspecified atom stereocenters. The Kier molecular flexibility index (Phi) is 6.61. The zero-order valence-electron chi connectivity index (χ0n) is 13.3. The first-order valence-electron chi connectivity index (χ1n) is 7.26. The van der Waals surface area contributed by atoms with Crippen LogP contribution in [-0.4, -0.2) is 48.0 Å². The van der Waals surface area contributed by atoms with Gasteiger partial charge in [-0.25, -0.2) is 0 Å². The van der Waals surface area contributed by atoms with Crippen LogP contribution in [0.15, 0.2) is 18.2 Å². The van der Waals surface area contributed by atoms with Crippen LogP contribution in [0.5, 0.6) is 0 Å². The Morgan fingerprint density at radius 3 is 2.28 bits per heavy atom. The second kappa shape index (κ2) is 7.87. The number of rotatable bonds is 3. The first kappa shape index (κ1) is 21.0. The van der Waals surface area contributed by atoms with E-state index >= 15 is 0 Å². The molecule has 1 saturated heterocycles. The molecule has 1 aliphatic heterocycles. The number of hydrogen-bond donors (Lipinski definition) is 1. The summed E-state index contributed by atoms with van der Waals surface area (Å²) in [6.45, 7) is 2.74. The van der Waals surface area contributed by atoms with E-state index in [2.05, 4.69) is 0 Å². The van der Waals surface area contributed by atoms with Gasteiger partial charge in [0.15, 0.2) is 0 Å². The van der Waals surface area contributed by atoms with Crippen molar-refractivity contribution in [3.8, 4) is 0 Å². The Balaban J connectivity index is 0.00000312. The summed E-state index contributed by atoms with van der Waals surface area (Å²) < 4.78 is 38.2. The van der Waals surface area contributed by atoms with Crippen molar-refractivity contribution >= 4 is 29.7 Å². The van der Waals surface area contributed by atoms with Crippen LogP contribution in [0.1, 0.15) is 12.5 Å². The molecule has 1 aliphatic rings. The topological polar surface area (TPSA) is 92.7 Å². The van der Waals surface area contributed by atoms with Crippen molar-refractivity contribution in [2.75, 3.05) is 31.1 Å². The van der Waals surface area contributed by atoms with E-state index in [1.54, 1.807) is 11.8 Å². The lowest BCUT2D eigenvalue weighted by molar-refractivity contribution is -0.384. The number of anilines is 1. The van der Waals surface area contributed by atoms with Crippen LogP contribution in [-0.2, 0) is 11.0 Å². The molecule has 0 spiro atoms. The highest BCUT2D eigenvalue weighted by molar-refractivity contribution is 5.85. The zero-order valence-corrected chi connectivity index (χ0v) is 14.1. The number of carbonyl (C=O) groups is 1. The van der Waals surface area contributed by atoms with Crippen molar-refractivity contribution in [2.45, 2.75) is 19.1 Å². The van der Waals surface area contributed by atoms with Gasteiger partial charge in [-0.15, -0.1) is 12.4 Å². The van der Waals surface area contributed by atoms with Gasteiger partial charge in [0.2, 0.25) is 5.91 Å². The van der Waals surface area contributed by atoms with Crippen molar-refractivity contribution in [3.05, 3.63) is 33.9 Å². The molecule has 11 heteroatoms. The molecule has 1 aromatic carbocycles. The Hall–Kier alpha value is -2.07. The molecule has 0 saturated carbocycles. The number of piperazine rings is 1. The molecule has 25 heavy (non-hydrogen) atoms. The van der Waals surface area contributed by atoms with Crippen molar-refractivity contribution in [2.24, 2.45) is 5.73 Å². The largest absolute Gasteiger partial charge is 0.416 e. The van der Waals surface area contributed by atoms with E-state index in [-0.39, 0.29) is 37.1 Å². The zero-order chi connectivity index (χ0) is 18.1. The van der Waals surface area contributed by atoms with Gasteiger partial charge in [-0.3, -0.25) is 14.9 Å². The monoisotopic (exact) mass is 382 g/mol. The number of nitrogens with two attached hydrogens (primary N) is 1. The van der Waals surface area contributed by atoms with E-state index in [0.29, 0.717) is 19.2 Å². The number of benzene rings is 1. The van der Waals surface area contributed by atoms with Gasteiger partial charge >= 0.3 is 6.18 Å². The van der Waals surface area contributed by atoms with Gasteiger partial charge in [0.25, 0.3) is 5.69 Å². The summed E-state index contributed by atoms with van der Waals surface area (Å²) in [7, 11) is 0. The Labute approximate surface area is 148 Å². The van der Waals surface area contributed by atoms with E-state index in [1.165, 1.54) is 4.90 Å². The number of nitro benzene ring substituents is 1. The molecule has 2 rings (SSSR count). The SMILES string of the molecule is CC(N)C(=O)N1CCN(c2ccc(C(F)(F)F)cc2[N+](=O)[O-])CC1.Cl. The minimum atomic E-state index is -4.65. The molecule has 1 atom stereocenters. The highest BCUT2D eigenvalue weighted by Crippen LogP contribution is 2.36. The van der Waals surface area contributed by atoms with Crippen LogP contribution >= 0.6 is 12.4 Å². The van der Waals surface area contributed by atoms with Gasteiger partial charge < -0.3 is 15.5 Å². The van der Waals surface area contributed by atoms with Crippen LogP contribution < -0.4 is 10.6 Å². The minimum Gasteiger partial charge on any atom is -0.362 e. The lowest BCUT2D eigenvalue weighted by Crippen LogP contribution is -2.52. The van der Waals surface area contributed by atoms with E-state index in [4.69, 9.17) is 5.73 Å². The van der Waals surface area contributed by atoms with Crippen molar-refractivity contribution in [1.82, 2.24) is 4.90 Å². The third-order valence-electron chi connectivity index (χ3n) is 3.82. The summed E-state index contributed by atoms with van der Waals surface area (Å²) in [5, 5.41) is 11.1. The quantitative estimate of drug-likeness (QED) is 0.637. The Morgan fingerprint density at radius 1 is 1.28 bits per heavy atom. The number of nitro groups is 1. The molecule has 1 fully saturated rings. The van der Waals surface area contributed by atoms with Crippen LogP contribution in [0.2, 0.25) is 0 Å². The summed E-state index contributed by atoms with van der Waals surface area (Å²) in [4.78, 5) is 25.3. The van der Waals surface area contributed by atoms with E-state index in [0.717, 1.165) is 12.1 Å². The molecule has 1 amide bonds. The predicted molar refractivity (Wildman–Crippen MR) is 87.8 cm³/mol. The lowest BCUT2D eigenvalue weighted by Gasteiger charge is -2.36. The Bertz CT molecular complexity index is 647. The summed E-state index contributed by atoms with van der Waals surface area (Å²) in [6.07, 6.45) is -4.65. The summed E-state index contributed by atoms with van der Waals surface area (Å²) in [5.41, 5.74) is 3.98. The fourth-order valence-electron chi connectivity index (χ4n) is 2.57. The maximum Gasteiger partial charge on any atom is 0.416 e. The Morgan fingerprint density at radius 2 is 1.84 bits per heavy atom. The fraction of sp³-hybridized carbons (Fsp3) is 0.500. The number of nitrogens with zero attached hydrogens (tertiary/aromatic N) is 3. The average Bonchev–Trinajstić information content (AvgIpc) is 2.52. The maximum absolute atomic E-state index is 12.7. The molecular weight excluding hydrogens is 365 g/mol. The van der Waals surface area contributed by atoms with E-state index < -0.39 is 28.4 Å². The number of alkyl halides is 3. The molecule has 0 aromatic heterocycles. The van der Waals surface area contributed by atoms with Crippen LogP contribution in [0.4, 0.5) is 24.5 Å². The molecule has 0 radical (unpaired) electrons. The minimum absolute atomic E-state index is 0. The van der Waals surface area contributed by atoms with Gasteiger partial charge in [0.1, 0.15) is 5.69 Å². The standard InChI is InChI=1S/C14H17F3N4O3.ClH/c1-9(18)13(22)20-6-4-19(5-7-20)11-3-2-10(14(15,16)17)8-12(11)21(23)24;/h2-3,8-9H,4-7,18H2,1H3;1H. The third-order valence-corrected chi connectivity index (χ3v) is 3.82. The van der Waals surface area contributed by atoms with Crippen LogP contribution in [0, 0.1) is 10.1 Å². The smallest absolute Gasteiger partial charge is 0.362 e. The highest BCUT2D eigenvalue weighted by atomic mass is 35.5. The molecule has 140 valence electrons. The number of halogens is 4. The first-order valence-corrected chi connectivity index (χ1v) is 7.26. The van der Waals surface area contributed by atoms with Crippen molar-refractivity contribution < 1.29 is 22.9 Å². The van der Waals surface area contributed by atoms with Gasteiger partial charge in [-0.05, 0) is 19.1 Å². The average molecular weight is 383 g/mol. The highest BCUT2D eigenvalue weighted by Gasteiger charge is 2.34. The van der Waals surface area contributed by atoms with Gasteiger partial charge in [-0.2, -0.15) is 13.2 Å². The van der Waals surface area contributed by atoms with Gasteiger partial charge in [0, 0.05) is 32.2 Å². The summed E-state index contributed by atoms with van der Waals surface area (Å²) >= 11 is 0. The summed E-state index contributed by atoms with van der Waals surface area (Å²) in [5.74, 6) is -0.225. The van der Waals surface area contributed by atoms with Crippen molar-refractivity contribution in [1.29, 1.82) is 0 Å². The maximum atomic E-state index is 12.7. The molecule has 7 nitrogen and oxygen atoms in total. The number of amides is 1. The van der Waals surface area contributed by atoms with Crippen molar-refractivity contribution in [3.63, 3.8) is 0 Å². The van der Waals surface area contributed by atoms with E-state index in [1.807, 2.05) is 0 Å². The third kappa shape index (κ3) is 4.73. The predicted octanol–water partition coefficient (Wildman–Crippen LogP) is 2.03. The summed E-state index contributed by atoms with van der Waals surface area (Å²) in [6, 6.07) is 1.82. The first-order chi connectivity index (χ1) is 11.1. The normalized spacial score (nSPS) is 16.2. The molecule has 1 aromatic rings. The molecule has 1 heterocycles. The van der Waals surface area contributed by atoms with Gasteiger partial charge in [-0.1, -0.05) is 0 Å². The molecular formula is C14H18ClF3N4O3. The fourth-order valence-corrected chi connectivity index (χ4v) is 2.57. The number of hydrogen-bond acceptors (Lipinski definition) is 5. The lowest BCUT2D eigenvalue weighted by atomic mass is 10.1. The van der Waals surface area contributed by atoms with Crippen LogP contribution in [0.25, 0.3) is 0 Å². The second-order valence-electron chi connectivity index (χ2n) is 5.56. The van der Waals surface area contributed by atoms with Crippen LogP contribution in [0.3, 0.4) is 0 Å². The molecule has 2 N–H and O–H groups in total. The molecule has 0 aliphatic carbocycles. The molecule has 0 bridgehead atoms.